The number of hydrogen-bond acceptors (Lipinski definition) is 4. The molecule has 0 atom stereocenters. The van der Waals surface area contributed by atoms with Gasteiger partial charge in [-0.2, -0.15) is 0 Å². The van der Waals surface area contributed by atoms with Gasteiger partial charge in [0.05, 0.1) is 5.69 Å². The fourth-order valence-electron chi connectivity index (χ4n) is 2.48. The Hall–Kier alpha value is -3.51. The van der Waals surface area contributed by atoms with Crippen LogP contribution in [0.3, 0.4) is 0 Å². The summed E-state index contributed by atoms with van der Waals surface area (Å²) < 4.78 is 11.3. The Bertz CT molecular complexity index is 991. The molecule has 2 amide bonds. The topological polar surface area (TPSA) is 76.7 Å². The first kappa shape index (κ1) is 20.2. The van der Waals surface area contributed by atoms with Gasteiger partial charge in [0.25, 0.3) is 5.91 Å². The summed E-state index contributed by atoms with van der Waals surface area (Å²) in [5.74, 6) is 1.08. The van der Waals surface area contributed by atoms with Crippen LogP contribution >= 0.6 is 11.6 Å². The standard InChI is InChI=1S/C22H19ClN2O4/c1-15(26)24-17-8-10-18(11-9-17)28-14-22(27)25-20-13-16(23)7-12-21(20)29-19-5-3-2-4-6-19/h2-13H,14H2,1H3,(H,24,26)(H,25,27). The molecule has 0 aliphatic carbocycles. The fourth-order valence-corrected chi connectivity index (χ4v) is 2.65. The molecule has 0 aliphatic rings. The van der Waals surface area contributed by atoms with Gasteiger partial charge in [-0.05, 0) is 54.6 Å². The number of carbonyl (C=O) groups excluding carboxylic acids is 2. The lowest BCUT2D eigenvalue weighted by atomic mass is 10.2. The number of benzene rings is 3. The average Bonchev–Trinajstić information content (AvgIpc) is 2.70. The molecule has 0 fully saturated rings. The van der Waals surface area contributed by atoms with Gasteiger partial charge in [0, 0.05) is 17.6 Å². The van der Waals surface area contributed by atoms with Crippen molar-refractivity contribution in [1.29, 1.82) is 0 Å². The Kier molecular flexibility index (Phi) is 6.71. The molecule has 3 rings (SSSR count). The summed E-state index contributed by atoms with van der Waals surface area (Å²) in [6.07, 6.45) is 0. The van der Waals surface area contributed by atoms with Crippen molar-refractivity contribution in [3.8, 4) is 17.2 Å². The highest BCUT2D eigenvalue weighted by Crippen LogP contribution is 2.32. The van der Waals surface area contributed by atoms with Crippen molar-refractivity contribution in [2.24, 2.45) is 0 Å². The lowest BCUT2D eigenvalue weighted by Crippen LogP contribution is -2.20. The van der Waals surface area contributed by atoms with E-state index in [1.54, 1.807) is 42.5 Å². The highest BCUT2D eigenvalue weighted by atomic mass is 35.5. The van der Waals surface area contributed by atoms with Crippen molar-refractivity contribution in [2.75, 3.05) is 17.2 Å². The number of nitrogens with one attached hydrogen (secondary N) is 2. The lowest BCUT2D eigenvalue weighted by Gasteiger charge is -2.13. The van der Waals surface area contributed by atoms with Crippen molar-refractivity contribution in [2.45, 2.75) is 6.92 Å². The highest BCUT2D eigenvalue weighted by Gasteiger charge is 2.11. The first-order valence-corrected chi connectivity index (χ1v) is 9.20. The molecule has 0 bridgehead atoms. The van der Waals surface area contributed by atoms with Gasteiger partial charge in [0.2, 0.25) is 5.91 Å². The normalized spacial score (nSPS) is 10.1. The number of hydrogen-bond donors (Lipinski definition) is 2. The zero-order valence-corrected chi connectivity index (χ0v) is 16.4. The van der Waals surface area contributed by atoms with Gasteiger partial charge in [-0.15, -0.1) is 0 Å². The molecule has 0 unspecified atom stereocenters. The Morgan fingerprint density at radius 3 is 2.31 bits per heavy atom. The predicted molar refractivity (Wildman–Crippen MR) is 113 cm³/mol. The molecule has 3 aromatic rings. The molecule has 29 heavy (non-hydrogen) atoms. The number of carbonyl (C=O) groups is 2. The van der Waals surface area contributed by atoms with E-state index >= 15 is 0 Å². The zero-order chi connectivity index (χ0) is 20.6. The maximum absolute atomic E-state index is 12.3. The summed E-state index contributed by atoms with van der Waals surface area (Å²) in [7, 11) is 0. The van der Waals surface area contributed by atoms with E-state index in [-0.39, 0.29) is 18.4 Å². The summed E-state index contributed by atoms with van der Waals surface area (Å²) in [5.41, 5.74) is 1.09. The maximum Gasteiger partial charge on any atom is 0.262 e. The van der Waals surface area contributed by atoms with Gasteiger partial charge in [-0.1, -0.05) is 29.8 Å². The van der Waals surface area contributed by atoms with Crippen molar-refractivity contribution in [3.05, 3.63) is 77.8 Å². The molecule has 2 N–H and O–H groups in total. The molecule has 0 spiro atoms. The van der Waals surface area contributed by atoms with Crippen LogP contribution in [0.4, 0.5) is 11.4 Å². The van der Waals surface area contributed by atoms with Crippen LogP contribution < -0.4 is 20.1 Å². The van der Waals surface area contributed by atoms with E-state index in [4.69, 9.17) is 21.1 Å². The van der Waals surface area contributed by atoms with Crippen LogP contribution in [-0.2, 0) is 9.59 Å². The molecule has 0 aliphatic heterocycles. The number of anilines is 2. The average molecular weight is 411 g/mol. The first-order valence-electron chi connectivity index (χ1n) is 8.82. The summed E-state index contributed by atoms with van der Waals surface area (Å²) in [5, 5.41) is 5.88. The zero-order valence-electron chi connectivity index (χ0n) is 15.6. The van der Waals surface area contributed by atoms with Gasteiger partial charge in [0.1, 0.15) is 11.5 Å². The lowest BCUT2D eigenvalue weighted by molar-refractivity contribution is -0.118. The van der Waals surface area contributed by atoms with E-state index in [0.29, 0.717) is 33.6 Å². The molecular formula is C22H19ClN2O4. The van der Waals surface area contributed by atoms with Crippen molar-refractivity contribution in [1.82, 2.24) is 0 Å². The van der Waals surface area contributed by atoms with E-state index in [2.05, 4.69) is 10.6 Å². The van der Waals surface area contributed by atoms with E-state index in [0.717, 1.165) is 0 Å². The van der Waals surface area contributed by atoms with Gasteiger partial charge < -0.3 is 20.1 Å². The summed E-state index contributed by atoms with van der Waals surface area (Å²) >= 11 is 6.06. The van der Waals surface area contributed by atoms with Crippen molar-refractivity contribution in [3.63, 3.8) is 0 Å². The van der Waals surface area contributed by atoms with Gasteiger partial charge >= 0.3 is 0 Å². The Balaban J connectivity index is 1.61. The molecule has 0 aromatic heterocycles. The third kappa shape index (κ3) is 6.26. The molecule has 6 nitrogen and oxygen atoms in total. The minimum atomic E-state index is -0.365. The van der Waals surface area contributed by atoms with Crippen LogP contribution in [-0.4, -0.2) is 18.4 Å². The predicted octanol–water partition coefficient (Wildman–Crippen LogP) is 5.11. The first-order chi connectivity index (χ1) is 14.0. The third-order valence-electron chi connectivity index (χ3n) is 3.73. The summed E-state index contributed by atoms with van der Waals surface area (Å²) in [6.45, 7) is 1.23. The smallest absolute Gasteiger partial charge is 0.262 e. The molecule has 0 saturated heterocycles. The molecule has 0 heterocycles. The van der Waals surface area contributed by atoms with Gasteiger partial charge in [0.15, 0.2) is 12.4 Å². The Morgan fingerprint density at radius 1 is 0.897 bits per heavy atom. The SMILES string of the molecule is CC(=O)Nc1ccc(OCC(=O)Nc2cc(Cl)ccc2Oc2ccccc2)cc1. The quantitative estimate of drug-likeness (QED) is 0.567. The monoisotopic (exact) mass is 410 g/mol. The molecule has 0 saturated carbocycles. The van der Waals surface area contributed by atoms with E-state index in [1.165, 1.54) is 6.92 Å². The highest BCUT2D eigenvalue weighted by molar-refractivity contribution is 6.31. The van der Waals surface area contributed by atoms with E-state index in [1.807, 2.05) is 30.3 Å². The Labute approximate surface area is 173 Å². The number of amides is 2. The van der Waals surface area contributed by atoms with Gasteiger partial charge in [-0.3, -0.25) is 9.59 Å². The van der Waals surface area contributed by atoms with E-state index in [9.17, 15) is 9.59 Å². The minimum Gasteiger partial charge on any atom is -0.484 e. The largest absolute Gasteiger partial charge is 0.484 e. The van der Waals surface area contributed by atoms with Crippen molar-refractivity contribution >= 4 is 34.8 Å². The molecule has 7 heteroatoms. The van der Waals surface area contributed by atoms with Gasteiger partial charge in [-0.25, -0.2) is 0 Å². The van der Waals surface area contributed by atoms with Crippen LogP contribution in [0, 0.1) is 0 Å². The van der Waals surface area contributed by atoms with Crippen molar-refractivity contribution < 1.29 is 19.1 Å². The fraction of sp³-hybridized carbons (Fsp3) is 0.0909. The van der Waals surface area contributed by atoms with Crippen LogP contribution in [0.1, 0.15) is 6.92 Å². The summed E-state index contributed by atoms with van der Waals surface area (Å²) in [4.78, 5) is 23.4. The van der Waals surface area contributed by atoms with Crippen LogP contribution in [0.15, 0.2) is 72.8 Å². The van der Waals surface area contributed by atoms with Crippen LogP contribution in [0.5, 0.6) is 17.2 Å². The maximum atomic E-state index is 12.3. The molecule has 148 valence electrons. The third-order valence-corrected chi connectivity index (χ3v) is 3.97. The number of halogens is 1. The summed E-state index contributed by atoms with van der Waals surface area (Å²) in [6, 6.07) is 20.9. The molecular weight excluding hydrogens is 392 g/mol. The Morgan fingerprint density at radius 2 is 1.62 bits per heavy atom. The minimum absolute atomic E-state index is 0.159. The number of rotatable bonds is 7. The van der Waals surface area contributed by atoms with Crippen LogP contribution in [0.25, 0.3) is 0 Å². The second-order valence-electron chi connectivity index (χ2n) is 6.10. The molecule has 3 aromatic carbocycles. The second-order valence-corrected chi connectivity index (χ2v) is 6.53. The second kappa shape index (κ2) is 9.61. The van der Waals surface area contributed by atoms with E-state index < -0.39 is 0 Å². The number of para-hydroxylation sites is 1. The van der Waals surface area contributed by atoms with Crippen LogP contribution in [0.2, 0.25) is 5.02 Å². The number of ether oxygens (including phenoxy) is 2. The molecule has 0 radical (unpaired) electrons.